The summed E-state index contributed by atoms with van der Waals surface area (Å²) in [6.45, 7) is 4.68. The summed E-state index contributed by atoms with van der Waals surface area (Å²) in [6.07, 6.45) is 5.76. The first kappa shape index (κ1) is 19.7. The highest BCUT2D eigenvalue weighted by Crippen LogP contribution is 2.31. The molecule has 2 N–H and O–H groups in total. The number of likely N-dealkylation sites (tertiary alicyclic amines) is 1. The second-order valence-electron chi connectivity index (χ2n) is 9.18. The van der Waals surface area contributed by atoms with Crippen LogP contribution in [0.15, 0.2) is 18.2 Å². The fourth-order valence-corrected chi connectivity index (χ4v) is 5.69. The van der Waals surface area contributed by atoms with E-state index < -0.39 is 6.04 Å². The number of benzene rings is 1. The second-order valence-corrected chi connectivity index (χ2v) is 9.18. The Hall–Kier alpha value is -2.25. The highest BCUT2D eigenvalue weighted by Gasteiger charge is 2.39. The fraction of sp³-hybridized carbons (Fsp3) is 0.609. The van der Waals surface area contributed by atoms with Crippen LogP contribution in [-0.2, 0) is 22.7 Å². The molecule has 1 aromatic carbocycles. The van der Waals surface area contributed by atoms with Crippen LogP contribution in [0.1, 0.15) is 60.0 Å². The van der Waals surface area contributed by atoms with E-state index in [0.29, 0.717) is 24.6 Å². The molecule has 30 heavy (non-hydrogen) atoms. The van der Waals surface area contributed by atoms with Crippen molar-refractivity contribution in [2.75, 3.05) is 19.6 Å². The van der Waals surface area contributed by atoms with Crippen molar-refractivity contribution in [3.8, 4) is 0 Å². The molecule has 0 saturated carbocycles. The SMILES string of the molecule is O=C1CCC(N2Cc3ccc(CN4CCCCC4C4CCNC4)cc3C2=O)C(=O)N1. The number of carbonyl (C=O) groups excluding carboxylic acids is 3. The third-order valence-corrected chi connectivity index (χ3v) is 7.29. The van der Waals surface area contributed by atoms with E-state index in [1.54, 1.807) is 4.90 Å². The number of rotatable bonds is 4. The number of imide groups is 1. The van der Waals surface area contributed by atoms with Gasteiger partial charge < -0.3 is 10.2 Å². The number of carbonyl (C=O) groups is 3. The first-order chi connectivity index (χ1) is 14.6. The molecule has 0 aliphatic carbocycles. The summed E-state index contributed by atoms with van der Waals surface area (Å²) in [6, 6.07) is 6.29. The Labute approximate surface area is 177 Å². The molecule has 160 valence electrons. The van der Waals surface area contributed by atoms with Crippen molar-refractivity contribution in [3.05, 3.63) is 34.9 Å². The predicted octanol–water partition coefficient (Wildman–Crippen LogP) is 1.41. The zero-order valence-corrected chi connectivity index (χ0v) is 17.4. The number of nitrogens with one attached hydrogen (secondary N) is 2. The van der Waals surface area contributed by atoms with E-state index in [4.69, 9.17) is 0 Å². The van der Waals surface area contributed by atoms with Gasteiger partial charge in [0.05, 0.1) is 0 Å². The second kappa shape index (κ2) is 8.12. The Bertz CT molecular complexity index is 864. The van der Waals surface area contributed by atoms with E-state index in [9.17, 15) is 14.4 Å². The molecule has 3 unspecified atom stereocenters. The van der Waals surface area contributed by atoms with Gasteiger partial charge in [-0.3, -0.25) is 24.6 Å². The molecule has 7 heteroatoms. The lowest BCUT2D eigenvalue weighted by Gasteiger charge is -2.39. The van der Waals surface area contributed by atoms with Crippen LogP contribution >= 0.6 is 0 Å². The van der Waals surface area contributed by atoms with Gasteiger partial charge in [-0.1, -0.05) is 18.6 Å². The Morgan fingerprint density at radius 2 is 1.97 bits per heavy atom. The van der Waals surface area contributed by atoms with Crippen molar-refractivity contribution < 1.29 is 14.4 Å². The molecule has 0 aromatic heterocycles. The minimum Gasteiger partial charge on any atom is -0.322 e. The molecule has 3 saturated heterocycles. The molecule has 1 aromatic rings. The van der Waals surface area contributed by atoms with E-state index in [2.05, 4.69) is 21.6 Å². The minimum atomic E-state index is -0.549. The average Bonchev–Trinajstić information content (AvgIpc) is 3.38. The minimum absolute atomic E-state index is 0.0865. The predicted molar refractivity (Wildman–Crippen MR) is 112 cm³/mol. The largest absolute Gasteiger partial charge is 0.322 e. The van der Waals surface area contributed by atoms with Crippen LogP contribution in [0.3, 0.4) is 0 Å². The van der Waals surface area contributed by atoms with Gasteiger partial charge in [-0.05, 0) is 68.4 Å². The topological polar surface area (TPSA) is 81.8 Å². The van der Waals surface area contributed by atoms with Crippen LogP contribution in [0, 0.1) is 5.92 Å². The van der Waals surface area contributed by atoms with Crippen LogP contribution in [0.5, 0.6) is 0 Å². The van der Waals surface area contributed by atoms with Crippen molar-refractivity contribution in [1.82, 2.24) is 20.4 Å². The molecular formula is C23H30N4O3. The first-order valence-electron chi connectivity index (χ1n) is 11.3. The van der Waals surface area contributed by atoms with Crippen LogP contribution < -0.4 is 10.6 Å². The van der Waals surface area contributed by atoms with E-state index in [-0.39, 0.29) is 24.1 Å². The number of nitrogens with zero attached hydrogens (tertiary/aromatic N) is 2. The van der Waals surface area contributed by atoms with Crippen molar-refractivity contribution in [1.29, 1.82) is 0 Å². The summed E-state index contributed by atoms with van der Waals surface area (Å²) < 4.78 is 0. The molecule has 7 nitrogen and oxygen atoms in total. The van der Waals surface area contributed by atoms with E-state index in [0.717, 1.165) is 37.7 Å². The molecule has 3 atom stereocenters. The van der Waals surface area contributed by atoms with Crippen LogP contribution in [0.2, 0.25) is 0 Å². The monoisotopic (exact) mass is 410 g/mol. The summed E-state index contributed by atoms with van der Waals surface area (Å²) in [5.41, 5.74) is 2.86. The van der Waals surface area contributed by atoms with Gasteiger partial charge in [0.25, 0.3) is 5.91 Å². The Morgan fingerprint density at radius 3 is 2.77 bits per heavy atom. The number of amides is 3. The summed E-state index contributed by atoms with van der Waals surface area (Å²) >= 11 is 0. The summed E-state index contributed by atoms with van der Waals surface area (Å²) in [7, 11) is 0. The molecule has 4 aliphatic rings. The van der Waals surface area contributed by atoms with Gasteiger partial charge in [-0.25, -0.2) is 0 Å². The Kier molecular flexibility index (Phi) is 5.33. The summed E-state index contributed by atoms with van der Waals surface area (Å²) in [5.74, 6) is 0.0334. The summed E-state index contributed by atoms with van der Waals surface area (Å²) in [5, 5.41) is 5.87. The molecular weight excluding hydrogens is 380 g/mol. The maximum Gasteiger partial charge on any atom is 0.255 e. The number of piperidine rings is 2. The quantitative estimate of drug-likeness (QED) is 0.734. The van der Waals surface area contributed by atoms with Gasteiger partial charge in [0, 0.05) is 31.1 Å². The lowest BCUT2D eigenvalue weighted by atomic mass is 9.89. The van der Waals surface area contributed by atoms with Gasteiger partial charge in [-0.2, -0.15) is 0 Å². The van der Waals surface area contributed by atoms with E-state index in [1.165, 1.54) is 31.2 Å². The number of hydrogen-bond acceptors (Lipinski definition) is 5. The highest BCUT2D eigenvalue weighted by molar-refractivity contribution is 6.05. The van der Waals surface area contributed by atoms with E-state index in [1.807, 2.05) is 12.1 Å². The van der Waals surface area contributed by atoms with Crippen molar-refractivity contribution in [2.45, 2.75) is 63.7 Å². The van der Waals surface area contributed by atoms with E-state index >= 15 is 0 Å². The fourth-order valence-electron chi connectivity index (χ4n) is 5.69. The van der Waals surface area contributed by atoms with Gasteiger partial charge in [0.2, 0.25) is 11.8 Å². The van der Waals surface area contributed by atoms with Crippen LogP contribution in [-0.4, -0.2) is 59.2 Å². The van der Waals surface area contributed by atoms with Gasteiger partial charge in [0.1, 0.15) is 6.04 Å². The standard InChI is InChI=1S/C23H30N4O3/c28-21-7-6-20(22(29)25-21)27-14-17-5-4-15(11-18(17)23(27)30)13-26-10-2-1-3-19(26)16-8-9-24-12-16/h4-5,11,16,19-20,24H,1-3,6-10,12-14H2,(H,25,28,29). The molecule has 0 bridgehead atoms. The Balaban J connectivity index is 1.31. The van der Waals surface area contributed by atoms with Crippen LogP contribution in [0.25, 0.3) is 0 Å². The van der Waals surface area contributed by atoms with Crippen molar-refractivity contribution >= 4 is 17.7 Å². The lowest BCUT2D eigenvalue weighted by Crippen LogP contribution is -2.52. The maximum absolute atomic E-state index is 13.1. The number of fused-ring (bicyclic) bond motifs is 1. The van der Waals surface area contributed by atoms with Gasteiger partial charge in [0.15, 0.2) is 0 Å². The maximum atomic E-state index is 13.1. The van der Waals surface area contributed by atoms with Gasteiger partial charge >= 0.3 is 0 Å². The third-order valence-electron chi connectivity index (χ3n) is 7.29. The smallest absolute Gasteiger partial charge is 0.255 e. The summed E-state index contributed by atoms with van der Waals surface area (Å²) in [4.78, 5) is 41.0. The molecule has 3 fully saturated rings. The average molecular weight is 411 g/mol. The van der Waals surface area contributed by atoms with Crippen molar-refractivity contribution in [3.63, 3.8) is 0 Å². The van der Waals surface area contributed by atoms with Crippen molar-refractivity contribution in [2.24, 2.45) is 5.92 Å². The molecule has 5 rings (SSSR count). The van der Waals surface area contributed by atoms with Crippen LogP contribution in [0.4, 0.5) is 0 Å². The zero-order valence-electron chi connectivity index (χ0n) is 17.4. The molecule has 3 amide bonds. The first-order valence-corrected chi connectivity index (χ1v) is 11.3. The Morgan fingerprint density at radius 1 is 1.07 bits per heavy atom. The molecule has 0 spiro atoms. The lowest BCUT2D eigenvalue weighted by molar-refractivity contribution is -0.136. The molecule has 4 heterocycles. The third kappa shape index (κ3) is 3.65. The number of hydrogen-bond donors (Lipinski definition) is 2. The molecule has 0 radical (unpaired) electrons. The highest BCUT2D eigenvalue weighted by atomic mass is 16.2. The zero-order chi connectivity index (χ0) is 20.7. The van der Waals surface area contributed by atoms with Gasteiger partial charge in [-0.15, -0.1) is 0 Å². The normalized spacial score (nSPS) is 29.9. The molecule has 4 aliphatic heterocycles.